The van der Waals surface area contributed by atoms with Crippen LogP contribution < -0.4 is 0 Å². The Kier molecular flexibility index (Phi) is 1.82. The van der Waals surface area contributed by atoms with Gasteiger partial charge in [-0.3, -0.25) is 0 Å². The van der Waals surface area contributed by atoms with E-state index < -0.39 is 0 Å². The molecule has 1 rings (SSSR count). The zero-order valence-electron chi connectivity index (χ0n) is 5.39. The number of hydrogen-bond acceptors (Lipinski definition) is 3. The number of azide groups is 1. The van der Waals surface area contributed by atoms with Crippen molar-refractivity contribution in [3.8, 4) is 0 Å². The molecule has 0 aromatic carbocycles. The van der Waals surface area contributed by atoms with Crippen molar-refractivity contribution in [2.24, 2.45) is 5.11 Å². The van der Waals surface area contributed by atoms with Gasteiger partial charge in [0.1, 0.15) is 0 Å². The van der Waals surface area contributed by atoms with E-state index in [0.29, 0.717) is 0 Å². The average Bonchev–Trinajstić information content (AvgIpc) is 1.95. The summed E-state index contributed by atoms with van der Waals surface area (Å²) < 4.78 is 0. The molecule has 0 atom stereocenters. The summed E-state index contributed by atoms with van der Waals surface area (Å²) in [6, 6.07) is 0. The Balaban J connectivity index is 3.00. The fourth-order valence-corrected chi connectivity index (χ4v) is 0.477. The third-order valence-corrected chi connectivity index (χ3v) is 0.901. The fraction of sp³-hybridized carbons (Fsp3) is 0.200. The van der Waals surface area contributed by atoms with Crippen molar-refractivity contribution in [2.75, 3.05) is 0 Å². The van der Waals surface area contributed by atoms with Gasteiger partial charge in [-0.25, -0.2) is 9.97 Å². The van der Waals surface area contributed by atoms with Gasteiger partial charge in [0.15, 0.2) is 0 Å². The first-order valence-corrected chi connectivity index (χ1v) is 2.66. The Morgan fingerprint density at radius 3 is 2.60 bits per heavy atom. The maximum atomic E-state index is 7.97. The number of nitrogens with zero attached hydrogens (tertiary/aromatic N) is 5. The minimum Gasteiger partial charge on any atom is -0.235 e. The summed E-state index contributed by atoms with van der Waals surface area (Å²) in [5.41, 5.74) is 8.91. The summed E-state index contributed by atoms with van der Waals surface area (Å²) in [5.74, 6) is 0.160. The fourth-order valence-electron chi connectivity index (χ4n) is 0.477. The Hall–Kier alpha value is -1.61. The second-order valence-electron chi connectivity index (χ2n) is 1.75. The van der Waals surface area contributed by atoms with Crippen LogP contribution in [-0.2, 0) is 0 Å². The number of hydrogen-bond donors (Lipinski definition) is 0. The lowest BCUT2D eigenvalue weighted by Gasteiger charge is -1.88. The van der Waals surface area contributed by atoms with E-state index in [1.165, 1.54) is 0 Å². The summed E-state index contributed by atoms with van der Waals surface area (Å²) in [6.45, 7) is 1.86. The van der Waals surface area contributed by atoms with Crippen LogP contribution in [0.1, 0.15) is 5.56 Å². The Morgan fingerprint density at radius 1 is 1.50 bits per heavy atom. The maximum absolute atomic E-state index is 7.97. The monoisotopic (exact) mass is 135 g/mol. The molecule has 1 aromatic rings. The number of aryl methyl sites for hydroxylation is 1. The van der Waals surface area contributed by atoms with Crippen LogP contribution in [0.5, 0.6) is 0 Å². The van der Waals surface area contributed by atoms with E-state index in [-0.39, 0.29) is 5.95 Å². The van der Waals surface area contributed by atoms with Crippen LogP contribution in [-0.4, -0.2) is 9.97 Å². The Labute approximate surface area is 57.4 Å². The molecule has 10 heavy (non-hydrogen) atoms. The molecule has 0 saturated carbocycles. The van der Waals surface area contributed by atoms with E-state index in [2.05, 4.69) is 20.0 Å². The van der Waals surface area contributed by atoms with E-state index >= 15 is 0 Å². The average molecular weight is 135 g/mol. The number of aromatic nitrogens is 2. The lowest BCUT2D eigenvalue weighted by molar-refractivity contribution is 1.10. The van der Waals surface area contributed by atoms with Crippen molar-refractivity contribution in [1.29, 1.82) is 0 Å². The molecule has 0 radical (unpaired) electrons. The van der Waals surface area contributed by atoms with Crippen LogP contribution in [0.25, 0.3) is 10.4 Å². The lowest BCUT2D eigenvalue weighted by Crippen LogP contribution is -1.79. The standard InChI is InChI=1S/C5H5N5/c1-4-2-7-5(8-3-4)9-10-6/h2-3H,1H3. The van der Waals surface area contributed by atoms with Crippen LogP contribution in [0.2, 0.25) is 0 Å². The molecule has 50 valence electrons. The molecule has 1 heterocycles. The second kappa shape index (κ2) is 2.80. The van der Waals surface area contributed by atoms with Crippen molar-refractivity contribution in [3.63, 3.8) is 0 Å². The maximum Gasteiger partial charge on any atom is 0.216 e. The van der Waals surface area contributed by atoms with E-state index in [1.54, 1.807) is 12.4 Å². The van der Waals surface area contributed by atoms with Gasteiger partial charge in [0, 0.05) is 17.3 Å². The lowest BCUT2D eigenvalue weighted by atomic mass is 10.4. The molecule has 0 N–H and O–H groups in total. The summed E-state index contributed by atoms with van der Waals surface area (Å²) in [7, 11) is 0. The van der Waals surface area contributed by atoms with Crippen LogP contribution in [0.4, 0.5) is 5.95 Å². The van der Waals surface area contributed by atoms with Crippen LogP contribution >= 0.6 is 0 Å². The van der Waals surface area contributed by atoms with Gasteiger partial charge in [-0.1, -0.05) is 0 Å². The molecule has 0 aliphatic rings. The largest absolute Gasteiger partial charge is 0.235 e. The third kappa shape index (κ3) is 1.43. The highest BCUT2D eigenvalue weighted by Crippen LogP contribution is 2.01. The van der Waals surface area contributed by atoms with Crippen molar-refractivity contribution in [1.82, 2.24) is 9.97 Å². The molecule has 0 fully saturated rings. The highest BCUT2D eigenvalue weighted by Gasteiger charge is 1.87. The van der Waals surface area contributed by atoms with Gasteiger partial charge in [-0.15, -0.1) is 0 Å². The first-order valence-electron chi connectivity index (χ1n) is 2.66. The van der Waals surface area contributed by atoms with E-state index in [0.717, 1.165) is 5.56 Å². The summed E-state index contributed by atoms with van der Waals surface area (Å²) >= 11 is 0. The second-order valence-corrected chi connectivity index (χ2v) is 1.75. The molecule has 1 aromatic heterocycles. The van der Waals surface area contributed by atoms with Gasteiger partial charge in [0.25, 0.3) is 0 Å². The smallest absolute Gasteiger partial charge is 0.216 e. The van der Waals surface area contributed by atoms with Gasteiger partial charge in [0.2, 0.25) is 5.95 Å². The molecule has 0 aliphatic carbocycles. The van der Waals surface area contributed by atoms with Crippen LogP contribution in [0.15, 0.2) is 17.5 Å². The Morgan fingerprint density at radius 2 is 2.10 bits per heavy atom. The molecule has 0 bridgehead atoms. The first kappa shape index (κ1) is 6.51. The Bertz CT molecular complexity index is 258. The van der Waals surface area contributed by atoms with Gasteiger partial charge < -0.3 is 0 Å². The van der Waals surface area contributed by atoms with E-state index in [9.17, 15) is 0 Å². The summed E-state index contributed by atoms with van der Waals surface area (Å²) in [4.78, 5) is 10.0. The highest BCUT2D eigenvalue weighted by molar-refractivity contribution is 5.15. The topological polar surface area (TPSA) is 74.5 Å². The minimum atomic E-state index is 0.160. The van der Waals surface area contributed by atoms with Crippen LogP contribution in [0.3, 0.4) is 0 Å². The molecule has 0 saturated heterocycles. The molecule has 5 heteroatoms. The van der Waals surface area contributed by atoms with Gasteiger partial charge >= 0.3 is 0 Å². The van der Waals surface area contributed by atoms with E-state index in [1.807, 2.05) is 6.92 Å². The normalized spacial score (nSPS) is 8.50. The summed E-state index contributed by atoms with van der Waals surface area (Å²) in [6.07, 6.45) is 3.19. The molecular weight excluding hydrogens is 130 g/mol. The predicted octanol–water partition coefficient (Wildman–Crippen LogP) is 1.73. The SMILES string of the molecule is Cc1cnc(N=[N+]=[N-])nc1. The molecule has 5 nitrogen and oxygen atoms in total. The molecular formula is C5H5N5. The molecule has 0 spiro atoms. The molecule has 0 aliphatic heterocycles. The van der Waals surface area contributed by atoms with Crippen molar-refractivity contribution < 1.29 is 0 Å². The molecule has 0 unspecified atom stereocenters. The quantitative estimate of drug-likeness (QED) is 0.334. The van der Waals surface area contributed by atoms with Crippen molar-refractivity contribution >= 4 is 5.95 Å². The van der Waals surface area contributed by atoms with Crippen LogP contribution in [0, 0.1) is 6.92 Å². The van der Waals surface area contributed by atoms with E-state index in [4.69, 9.17) is 5.53 Å². The third-order valence-electron chi connectivity index (χ3n) is 0.901. The summed E-state index contributed by atoms with van der Waals surface area (Å²) in [5, 5.41) is 3.21. The minimum absolute atomic E-state index is 0.160. The zero-order chi connectivity index (χ0) is 7.40. The van der Waals surface area contributed by atoms with Crippen molar-refractivity contribution in [2.45, 2.75) is 6.92 Å². The zero-order valence-corrected chi connectivity index (χ0v) is 5.39. The van der Waals surface area contributed by atoms with Gasteiger partial charge in [-0.2, -0.15) is 0 Å². The van der Waals surface area contributed by atoms with Gasteiger partial charge in [0.05, 0.1) is 0 Å². The van der Waals surface area contributed by atoms with Crippen molar-refractivity contribution in [3.05, 3.63) is 28.4 Å². The molecule has 0 amide bonds. The first-order chi connectivity index (χ1) is 4.83. The number of rotatable bonds is 1. The predicted molar refractivity (Wildman–Crippen MR) is 35.6 cm³/mol. The highest BCUT2D eigenvalue weighted by atomic mass is 15.2. The van der Waals surface area contributed by atoms with Gasteiger partial charge in [-0.05, 0) is 23.1 Å².